The predicted molar refractivity (Wildman–Crippen MR) is 86.3 cm³/mol. The van der Waals surface area contributed by atoms with Crippen LogP contribution in [0.1, 0.15) is 5.56 Å². The Morgan fingerprint density at radius 3 is 2.16 bits per heavy atom. The Bertz CT molecular complexity index is 556. The summed E-state index contributed by atoms with van der Waals surface area (Å²) in [6.45, 7) is 0.616. The molecule has 0 unspecified atom stereocenters. The van der Waals surface area contributed by atoms with E-state index in [4.69, 9.17) is 5.73 Å². The van der Waals surface area contributed by atoms with Gasteiger partial charge in [0.05, 0.1) is 0 Å². The molecule has 0 heterocycles. The van der Waals surface area contributed by atoms with Gasteiger partial charge in [0, 0.05) is 0 Å². The van der Waals surface area contributed by atoms with Crippen LogP contribution in [-0.2, 0) is 6.54 Å². The predicted octanol–water partition coefficient (Wildman–Crippen LogP) is 2.01. The van der Waals surface area contributed by atoms with Gasteiger partial charge in [0.25, 0.3) is 0 Å². The molecule has 0 spiro atoms. The van der Waals surface area contributed by atoms with Gasteiger partial charge in [0.15, 0.2) is 0 Å². The van der Waals surface area contributed by atoms with Crippen molar-refractivity contribution < 1.29 is 0 Å². The summed E-state index contributed by atoms with van der Waals surface area (Å²) in [4.78, 5) is 4.52. The Kier molecular flexibility index (Phi) is 5.21. The van der Waals surface area contributed by atoms with Gasteiger partial charge in [0.1, 0.15) is 0 Å². The zero-order valence-electron chi connectivity index (χ0n) is 10.3. The van der Waals surface area contributed by atoms with E-state index in [2.05, 4.69) is 60.4 Å². The van der Waals surface area contributed by atoms with Crippen LogP contribution in [0.5, 0.6) is 0 Å². The van der Waals surface area contributed by atoms with Crippen LogP contribution in [0.25, 0.3) is 0 Å². The Hall–Kier alpha value is -0.621. The number of hydrogen-bond donors (Lipinski definition) is 1. The van der Waals surface area contributed by atoms with E-state index in [1.54, 1.807) is 0 Å². The normalized spacial score (nSPS) is 14.9. The zero-order valence-corrected chi connectivity index (χ0v) is 14.6. The molecule has 0 aliphatic heterocycles. The molecule has 19 heavy (non-hydrogen) atoms. The zero-order chi connectivity index (χ0) is 13.7. The van der Waals surface area contributed by atoms with Gasteiger partial charge in [-0.3, -0.25) is 0 Å². The second kappa shape index (κ2) is 6.70. The summed E-state index contributed by atoms with van der Waals surface area (Å²) in [7, 11) is 0. The standard InChI is InChI=1S/C14H14N2PSe2/c15-14(16-11-12-7-3-1-4-8-12)17(18,19)13-9-5-2-6-10-13/h1-10H,11H2,(H2,15,16). The third-order valence-electron chi connectivity index (χ3n) is 2.66. The molecule has 0 fully saturated rings. The molecule has 2 rings (SSSR count). The van der Waals surface area contributed by atoms with Crippen LogP contribution in [0.3, 0.4) is 0 Å². The topological polar surface area (TPSA) is 38.4 Å². The number of rotatable bonds is 4. The van der Waals surface area contributed by atoms with E-state index >= 15 is 0 Å². The summed E-state index contributed by atoms with van der Waals surface area (Å²) in [5, 5.41) is 1.18. The van der Waals surface area contributed by atoms with Gasteiger partial charge in [-0.05, 0) is 0 Å². The van der Waals surface area contributed by atoms with E-state index in [0.717, 1.165) is 0 Å². The summed E-state index contributed by atoms with van der Waals surface area (Å²) >= 11 is 6.41. The van der Waals surface area contributed by atoms with Gasteiger partial charge in [0.2, 0.25) is 0 Å². The van der Waals surface area contributed by atoms with Crippen LogP contribution in [-0.4, -0.2) is 36.7 Å². The van der Waals surface area contributed by atoms with E-state index in [9.17, 15) is 0 Å². The Labute approximate surface area is 130 Å². The van der Waals surface area contributed by atoms with Crippen molar-refractivity contribution in [2.24, 2.45) is 10.7 Å². The molecule has 2 aromatic rings. The van der Waals surface area contributed by atoms with E-state index in [1.165, 1.54) is 10.9 Å². The summed E-state index contributed by atoms with van der Waals surface area (Å²) in [5.41, 5.74) is 8.00. The van der Waals surface area contributed by atoms with E-state index in [0.29, 0.717) is 12.1 Å². The van der Waals surface area contributed by atoms with Crippen molar-refractivity contribution in [2.45, 2.75) is 6.54 Å². The molecule has 0 bridgehead atoms. The fraction of sp³-hybridized carbons (Fsp3) is 0.0714. The monoisotopic (exact) mass is 401 g/mol. The quantitative estimate of drug-likeness (QED) is 0.363. The van der Waals surface area contributed by atoms with Crippen molar-refractivity contribution in [1.82, 2.24) is 0 Å². The van der Waals surface area contributed by atoms with Crippen LogP contribution < -0.4 is 11.0 Å². The number of nitrogens with two attached hydrogens (primary N) is 1. The number of aliphatic imine (C=N–C) groups is 1. The van der Waals surface area contributed by atoms with Gasteiger partial charge >= 0.3 is 130 Å². The van der Waals surface area contributed by atoms with Gasteiger partial charge in [-0.25, -0.2) is 0 Å². The fourth-order valence-corrected chi connectivity index (χ4v) is 4.95. The van der Waals surface area contributed by atoms with Crippen molar-refractivity contribution in [3.05, 3.63) is 66.2 Å². The second-order valence-electron chi connectivity index (χ2n) is 4.05. The number of hydrogen-bond acceptors (Lipinski definition) is 1. The van der Waals surface area contributed by atoms with Crippen LogP contribution in [0.15, 0.2) is 65.7 Å². The Balaban J connectivity index is 2.16. The molecule has 0 aliphatic rings. The van der Waals surface area contributed by atoms with Gasteiger partial charge in [-0.15, -0.1) is 0 Å². The summed E-state index contributed by atoms with van der Waals surface area (Å²) in [5.74, 6) is 0. The molecule has 0 aromatic heterocycles. The first kappa shape index (κ1) is 14.8. The van der Waals surface area contributed by atoms with Gasteiger partial charge < -0.3 is 0 Å². The van der Waals surface area contributed by atoms with Gasteiger partial charge in [-0.2, -0.15) is 0 Å². The third kappa shape index (κ3) is 3.92. The molecule has 2 nitrogen and oxygen atoms in total. The first-order chi connectivity index (χ1) is 9.10. The Morgan fingerprint density at radius 2 is 1.58 bits per heavy atom. The van der Waals surface area contributed by atoms with Crippen LogP contribution in [0.4, 0.5) is 0 Å². The van der Waals surface area contributed by atoms with E-state index in [-0.39, 0.29) is 0 Å². The first-order valence-electron chi connectivity index (χ1n) is 5.82. The number of nitrogens with zero attached hydrogens (tertiary/aromatic N) is 1. The molecule has 97 valence electrons. The summed E-state index contributed by atoms with van der Waals surface area (Å²) in [6.07, 6.45) is 0. The van der Waals surface area contributed by atoms with E-state index < -0.39 is 4.64 Å². The SMILES string of the molecule is NC(=NCc1ccccc1)[P+]([Se])([Se-])c1ccccc1. The Morgan fingerprint density at radius 1 is 1.05 bits per heavy atom. The molecule has 0 saturated heterocycles. The first-order valence-corrected chi connectivity index (χ1v) is 12.0. The molecule has 0 aliphatic carbocycles. The molecule has 2 aromatic carbocycles. The molecule has 2 N–H and O–H groups in total. The number of amidine groups is 1. The maximum atomic E-state index is 6.17. The summed E-state index contributed by atoms with van der Waals surface area (Å²) in [6, 6.07) is 20.3. The average molecular weight is 399 g/mol. The molecule has 0 amide bonds. The van der Waals surface area contributed by atoms with Crippen LogP contribution >= 0.6 is 4.64 Å². The molecule has 1 radical (unpaired) electrons. The molecule has 5 heteroatoms. The molecular formula is C14H14N2PSe2. The van der Waals surface area contributed by atoms with Crippen molar-refractivity contribution in [3.8, 4) is 0 Å². The molecule has 0 saturated carbocycles. The minimum absolute atomic E-state index is 0.616. The van der Waals surface area contributed by atoms with Crippen molar-refractivity contribution >= 4 is 46.7 Å². The van der Waals surface area contributed by atoms with Gasteiger partial charge in [-0.1, -0.05) is 0 Å². The average Bonchev–Trinajstić information content (AvgIpc) is 2.46. The van der Waals surface area contributed by atoms with E-state index in [1.807, 2.05) is 36.4 Å². The fourth-order valence-electron chi connectivity index (χ4n) is 1.61. The molecule has 0 atom stereocenters. The van der Waals surface area contributed by atoms with Crippen molar-refractivity contribution in [1.29, 1.82) is 0 Å². The van der Waals surface area contributed by atoms with Crippen molar-refractivity contribution in [2.75, 3.05) is 0 Å². The molecular weight excluding hydrogens is 385 g/mol. The second-order valence-corrected chi connectivity index (χ2v) is 16.5. The number of benzene rings is 2. The summed E-state index contributed by atoms with van der Waals surface area (Å²) < 4.78 is -1.75. The minimum atomic E-state index is -1.75. The maximum absolute atomic E-state index is 6.17. The van der Waals surface area contributed by atoms with Crippen LogP contribution in [0.2, 0.25) is 0 Å². The third-order valence-corrected chi connectivity index (χ3v) is 9.40. The van der Waals surface area contributed by atoms with Crippen molar-refractivity contribution in [3.63, 3.8) is 0 Å². The van der Waals surface area contributed by atoms with Crippen LogP contribution in [0, 0.1) is 0 Å².